The molecule has 12 heteroatoms. The van der Waals surface area contributed by atoms with Crippen LogP contribution in [0.2, 0.25) is 0 Å². The van der Waals surface area contributed by atoms with Gasteiger partial charge in [-0.3, -0.25) is 13.6 Å². The second kappa shape index (κ2) is 4.69. The van der Waals surface area contributed by atoms with Gasteiger partial charge in [-0.25, -0.2) is 25.0 Å². The topological polar surface area (TPSA) is 161 Å². The molecule has 118 valence electrons. The molecule has 0 radical (unpaired) electrons. The molecule has 5 atom stereocenters. The highest BCUT2D eigenvalue weighted by molar-refractivity contribution is 7.51. The third-order valence-corrected chi connectivity index (χ3v) is 4.70. The number of anilines is 1. The van der Waals surface area contributed by atoms with Gasteiger partial charge in [0.25, 0.3) is 0 Å². The predicted octanol–water partition coefficient (Wildman–Crippen LogP) is -0.851. The van der Waals surface area contributed by atoms with E-state index < -0.39 is 32.3 Å². The first-order valence-electron chi connectivity index (χ1n) is 6.44. The highest BCUT2D eigenvalue weighted by Crippen LogP contribution is 2.50. The van der Waals surface area contributed by atoms with Crippen LogP contribution in [0.15, 0.2) is 12.7 Å². The lowest BCUT2D eigenvalue weighted by Crippen LogP contribution is -2.40. The molecule has 0 spiro atoms. The minimum absolute atomic E-state index is 0.0320. The maximum Gasteiger partial charge on any atom is 0.403 e. The zero-order valence-electron chi connectivity index (χ0n) is 11.1. The standard InChI is InChI=1S/C10H13N6O5P/c11-8-5-9(14-2-13-8)16(3-15-5)10-6(17)7-4(20-10)1-19-22(12,18)21-7/h2-4,6-7,10,17H,1H2,(H2,12,18)(H2,11,13,14)/t4-,6-,7-,10-,22+/m1/s1. The Balaban J connectivity index is 1.71. The Bertz CT molecular complexity index is 782. The molecule has 0 saturated carbocycles. The Morgan fingerprint density at radius 3 is 3.05 bits per heavy atom. The fraction of sp³-hybridized carbons (Fsp3) is 0.500. The van der Waals surface area contributed by atoms with Crippen molar-refractivity contribution in [3.63, 3.8) is 0 Å². The highest BCUT2D eigenvalue weighted by atomic mass is 31.2. The first kappa shape index (κ1) is 14.0. The summed E-state index contributed by atoms with van der Waals surface area (Å²) < 4.78 is 28.9. The summed E-state index contributed by atoms with van der Waals surface area (Å²) in [6.45, 7) is -0.0320. The Morgan fingerprint density at radius 1 is 1.41 bits per heavy atom. The lowest BCUT2D eigenvalue weighted by atomic mass is 10.1. The number of fused-ring (bicyclic) bond motifs is 2. The molecule has 0 aromatic carbocycles. The normalized spacial score (nSPS) is 38.3. The molecule has 0 aliphatic carbocycles. The quantitative estimate of drug-likeness (QED) is 0.562. The van der Waals surface area contributed by atoms with Gasteiger partial charge in [-0.2, -0.15) is 0 Å². The van der Waals surface area contributed by atoms with E-state index in [0.29, 0.717) is 11.2 Å². The third kappa shape index (κ3) is 2.02. The maximum absolute atomic E-state index is 11.7. The maximum atomic E-state index is 11.7. The lowest BCUT2D eigenvalue weighted by molar-refractivity contribution is -0.0584. The molecule has 2 aromatic rings. The van der Waals surface area contributed by atoms with Crippen molar-refractivity contribution in [2.75, 3.05) is 12.3 Å². The average Bonchev–Trinajstić information content (AvgIpc) is 3.01. The van der Waals surface area contributed by atoms with Gasteiger partial charge in [0, 0.05) is 0 Å². The van der Waals surface area contributed by atoms with E-state index in [2.05, 4.69) is 15.0 Å². The molecule has 2 aliphatic rings. The van der Waals surface area contributed by atoms with Crippen molar-refractivity contribution in [2.24, 2.45) is 5.50 Å². The second-order valence-corrected chi connectivity index (χ2v) is 6.59. The fourth-order valence-electron chi connectivity index (χ4n) is 2.65. The van der Waals surface area contributed by atoms with Gasteiger partial charge in [0.05, 0.1) is 12.9 Å². The summed E-state index contributed by atoms with van der Waals surface area (Å²) in [5.74, 6) is 0.222. The Labute approximate surface area is 123 Å². The molecule has 2 aliphatic heterocycles. The molecule has 2 saturated heterocycles. The van der Waals surface area contributed by atoms with Crippen LogP contribution in [0.25, 0.3) is 11.2 Å². The Kier molecular flexibility index (Phi) is 2.98. The van der Waals surface area contributed by atoms with E-state index >= 15 is 0 Å². The van der Waals surface area contributed by atoms with Crippen LogP contribution in [0.1, 0.15) is 6.23 Å². The van der Waals surface area contributed by atoms with Crippen molar-refractivity contribution in [2.45, 2.75) is 24.5 Å². The molecule has 4 heterocycles. The van der Waals surface area contributed by atoms with Gasteiger partial charge in [0.2, 0.25) is 0 Å². The molecule has 22 heavy (non-hydrogen) atoms. The summed E-state index contributed by atoms with van der Waals surface area (Å²) in [7, 11) is -3.66. The monoisotopic (exact) mass is 328 g/mol. The van der Waals surface area contributed by atoms with Crippen molar-refractivity contribution in [1.29, 1.82) is 0 Å². The minimum Gasteiger partial charge on any atom is -0.386 e. The van der Waals surface area contributed by atoms with Crippen molar-refractivity contribution < 1.29 is 23.5 Å². The van der Waals surface area contributed by atoms with Crippen LogP contribution in [-0.4, -0.2) is 49.5 Å². The van der Waals surface area contributed by atoms with Crippen molar-refractivity contribution in [1.82, 2.24) is 19.5 Å². The summed E-state index contributed by atoms with van der Waals surface area (Å²) in [6.07, 6.45) is -0.675. The van der Waals surface area contributed by atoms with Crippen LogP contribution in [0, 0.1) is 0 Å². The molecule has 2 aromatic heterocycles. The number of aromatic nitrogens is 4. The summed E-state index contributed by atoms with van der Waals surface area (Å²) in [6, 6.07) is 0. The molecule has 11 nitrogen and oxygen atoms in total. The third-order valence-electron chi connectivity index (χ3n) is 3.66. The summed E-state index contributed by atoms with van der Waals surface area (Å²) in [5, 5.41) is 10.4. The van der Waals surface area contributed by atoms with Crippen LogP contribution in [0.4, 0.5) is 5.82 Å². The SMILES string of the molecule is Nc1ncnc2c1ncn2[C@@H]1O[C@@H]2CO[P@](N)(=O)O[C@H]2[C@H]1O. The van der Waals surface area contributed by atoms with Crippen LogP contribution < -0.4 is 11.2 Å². The van der Waals surface area contributed by atoms with Gasteiger partial charge in [-0.15, -0.1) is 0 Å². The van der Waals surface area contributed by atoms with Crippen molar-refractivity contribution >= 4 is 24.7 Å². The number of aliphatic hydroxyl groups is 1. The van der Waals surface area contributed by atoms with Crippen molar-refractivity contribution in [3.05, 3.63) is 12.7 Å². The average molecular weight is 328 g/mol. The molecular weight excluding hydrogens is 315 g/mol. The summed E-state index contributed by atoms with van der Waals surface area (Å²) in [5.41, 5.74) is 11.9. The number of nitrogens with zero attached hydrogens (tertiary/aromatic N) is 4. The van der Waals surface area contributed by atoms with E-state index in [1.165, 1.54) is 17.2 Å². The lowest BCUT2D eigenvalue weighted by Gasteiger charge is -2.29. The number of nitrogen functional groups attached to an aromatic ring is 1. The summed E-state index contributed by atoms with van der Waals surface area (Å²) >= 11 is 0. The largest absolute Gasteiger partial charge is 0.403 e. The second-order valence-electron chi connectivity index (χ2n) is 5.04. The number of hydrogen-bond donors (Lipinski definition) is 3. The summed E-state index contributed by atoms with van der Waals surface area (Å²) in [4.78, 5) is 12.1. The number of aliphatic hydroxyl groups excluding tert-OH is 1. The molecule has 0 unspecified atom stereocenters. The smallest absolute Gasteiger partial charge is 0.386 e. The highest BCUT2D eigenvalue weighted by Gasteiger charge is 2.52. The molecule has 2 fully saturated rings. The zero-order valence-corrected chi connectivity index (χ0v) is 12.0. The number of imidazole rings is 1. The number of hydrogen-bond acceptors (Lipinski definition) is 9. The Morgan fingerprint density at radius 2 is 2.23 bits per heavy atom. The van der Waals surface area contributed by atoms with E-state index in [1.54, 1.807) is 0 Å². The van der Waals surface area contributed by atoms with E-state index in [9.17, 15) is 9.67 Å². The van der Waals surface area contributed by atoms with Gasteiger partial charge in [0.1, 0.15) is 30.2 Å². The number of rotatable bonds is 1. The molecule has 0 bridgehead atoms. The van der Waals surface area contributed by atoms with Gasteiger partial charge < -0.3 is 15.6 Å². The van der Waals surface area contributed by atoms with Gasteiger partial charge in [0.15, 0.2) is 17.7 Å². The van der Waals surface area contributed by atoms with E-state index in [4.69, 9.17) is 25.0 Å². The molecule has 5 N–H and O–H groups in total. The van der Waals surface area contributed by atoms with Crippen LogP contribution in [0.5, 0.6) is 0 Å². The van der Waals surface area contributed by atoms with Crippen LogP contribution in [-0.2, 0) is 18.3 Å². The molecular formula is C10H13N6O5P. The van der Waals surface area contributed by atoms with Crippen LogP contribution in [0.3, 0.4) is 0 Å². The number of nitrogens with two attached hydrogens (primary N) is 2. The van der Waals surface area contributed by atoms with Crippen LogP contribution >= 0.6 is 7.75 Å². The van der Waals surface area contributed by atoms with E-state index in [1.807, 2.05) is 0 Å². The first-order chi connectivity index (χ1) is 10.5. The molecule has 4 rings (SSSR count). The van der Waals surface area contributed by atoms with Gasteiger partial charge >= 0.3 is 7.75 Å². The molecule has 0 amide bonds. The number of ether oxygens (including phenoxy) is 1. The van der Waals surface area contributed by atoms with E-state index in [0.717, 1.165) is 0 Å². The van der Waals surface area contributed by atoms with E-state index in [-0.39, 0.29) is 12.4 Å². The van der Waals surface area contributed by atoms with Gasteiger partial charge in [-0.05, 0) is 0 Å². The minimum atomic E-state index is -3.66. The Hall–Kier alpha value is -1.62. The first-order valence-corrected chi connectivity index (χ1v) is 8.05. The van der Waals surface area contributed by atoms with Crippen molar-refractivity contribution in [3.8, 4) is 0 Å². The van der Waals surface area contributed by atoms with Gasteiger partial charge in [-0.1, -0.05) is 0 Å². The zero-order chi connectivity index (χ0) is 15.5. The predicted molar refractivity (Wildman–Crippen MR) is 72.3 cm³/mol. The fourth-order valence-corrected chi connectivity index (χ4v) is 3.66.